The molecule has 1 saturated heterocycles. The maximum absolute atomic E-state index is 12.6. The van der Waals surface area contributed by atoms with Crippen LogP contribution in [-0.4, -0.2) is 31.0 Å². The third kappa shape index (κ3) is 4.77. The van der Waals surface area contributed by atoms with Crippen LogP contribution in [0.5, 0.6) is 5.75 Å². The number of carbonyl (C=O) groups excluding carboxylic acids is 1. The highest BCUT2D eigenvalue weighted by Crippen LogP contribution is 2.31. The fourth-order valence-electron chi connectivity index (χ4n) is 3.50. The van der Waals surface area contributed by atoms with Crippen molar-refractivity contribution in [1.82, 2.24) is 4.90 Å². The van der Waals surface area contributed by atoms with Crippen molar-refractivity contribution in [2.45, 2.75) is 31.7 Å². The summed E-state index contributed by atoms with van der Waals surface area (Å²) in [6.07, 6.45) is 4.56. The fourth-order valence-corrected chi connectivity index (χ4v) is 3.68. The standard InChI is InChI=1S/C21H25ClN2O2/c1-26-17-12-10-16(11-13-17)20-9-3-2-6-14-24(20)15-21(25)23-19-8-5-4-7-18(19)22/h4-5,7-8,10-13,20H,2-3,6,9,14-15H2,1H3,(H,23,25)/t20-/m1/s1. The zero-order valence-corrected chi connectivity index (χ0v) is 15.8. The van der Waals surface area contributed by atoms with Crippen LogP contribution in [0.3, 0.4) is 0 Å². The van der Waals surface area contributed by atoms with Gasteiger partial charge in [-0.25, -0.2) is 0 Å². The number of likely N-dealkylation sites (tertiary alicyclic amines) is 1. The van der Waals surface area contributed by atoms with Gasteiger partial charge < -0.3 is 10.1 Å². The summed E-state index contributed by atoms with van der Waals surface area (Å²) in [5.41, 5.74) is 1.90. The molecule has 1 atom stereocenters. The molecule has 2 aromatic carbocycles. The van der Waals surface area contributed by atoms with E-state index in [9.17, 15) is 4.79 Å². The van der Waals surface area contributed by atoms with Crippen LogP contribution in [0.2, 0.25) is 5.02 Å². The first-order chi connectivity index (χ1) is 12.7. The summed E-state index contributed by atoms with van der Waals surface area (Å²) in [6, 6.07) is 15.8. The summed E-state index contributed by atoms with van der Waals surface area (Å²) < 4.78 is 5.26. The number of hydrogen-bond donors (Lipinski definition) is 1. The predicted molar refractivity (Wildman–Crippen MR) is 106 cm³/mol. The quantitative estimate of drug-likeness (QED) is 0.811. The van der Waals surface area contributed by atoms with E-state index in [0.29, 0.717) is 17.3 Å². The summed E-state index contributed by atoms with van der Waals surface area (Å²) in [5.74, 6) is 0.823. The van der Waals surface area contributed by atoms with Crippen molar-refractivity contribution in [2.75, 3.05) is 25.5 Å². The maximum atomic E-state index is 12.6. The summed E-state index contributed by atoms with van der Waals surface area (Å²) >= 11 is 6.15. The highest BCUT2D eigenvalue weighted by atomic mass is 35.5. The molecule has 26 heavy (non-hydrogen) atoms. The average Bonchev–Trinajstić information content (AvgIpc) is 2.89. The number of benzene rings is 2. The Hall–Kier alpha value is -2.04. The molecule has 0 aliphatic carbocycles. The number of anilines is 1. The molecule has 1 amide bonds. The Bertz CT molecular complexity index is 733. The first kappa shape index (κ1) is 18.7. The average molecular weight is 373 g/mol. The highest BCUT2D eigenvalue weighted by molar-refractivity contribution is 6.33. The summed E-state index contributed by atoms with van der Waals surface area (Å²) in [7, 11) is 1.67. The lowest BCUT2D eigenvalue weighted by Gasteiger charge is -2.30. The normalized spacial score (nSPS) is 18.2. The van der Waals surface area contributed by atoms with Crippen molar-refractivity contribution in [3.05, 3.63) is 59.1 Å². The molecule has 1 aliphatic rings. The summed E-state index contributed by atoms with van der Waals surface area (Å²) in [4.78, 5) is 14.9. The molecular formula is C21H25ClN2O2. The van der Waals surface area contributed by atoms with E-state index in [1.54, 1.807) is 13.2 Å². The van der Waals surface area contributed by atoms with Crippen LogP contribution < -0.4 is 10.1 Å². The van der Waals surface area contributed by atoms with Crippen LogP contribution in [0.25, 0.3) is 0 Å². The van der Waals surface area contributed by atoms with Crippen molar-refractivity contribution < 1.29 is 9.53 Å². The third-order valence-electron chi connectivity index (χ3n) is 4.86. The minimum Gasteiger partial charge on any atom is -0.497 e. The molecule has 1 N–H and O–H groups in total. The molecular weight excluding hydrogens is 348 g/mol. The van der Waals surface area contributed by atoms with E-state index in [-0.39, 0.29) is 11.9 Å². The highest BCUT2D eigenvalue weighted by Gasteiger charge is 2.24. The number of para-hydroxylation sites is 1. The number of amides is 1. The second-order valence-corrected chi connectivity index (χ2v) is 7.04. The minimum absolute atomic E-state index is 0.0292. The molecule has 0 bridgehead atoms. The van der Waals surface area contributed by atoms with E-state index >= 15 is 0 Å². The van der Waals surface area contributed by atoms with Crippen molar-refractivity contribution in [1.29, 1.82) is 0 Å². The van der Waals surface area contributed by atoms with E-state index in [1.165, 1.54) is 18.4 Å². The number of nitrogens with one attached hydrogen (secondary N) is 1. The van der Waals surface area contributed by atoms with E-state index in [4.69, 9.17) is 16.3 Å². The predicted octanol–water partition coefficient (Wildman–Crippen LogP) is 4.90. The van der Waals surface area contributed by atoms with E-state index < -0.39 is 0 Å². The van der Waals surface area contributed by atoms with E-state index in [2.05, 4.69) is 22.3 Å². The molecule has 0 saturated carbocycles. The topological polar surface area (TPSA) is 41.6 Å². The summed E-state index contributed by atoms with van der Waals surface area (Å²) in [6.45, 7) is 1.29. The first-order valence-corrected chi connectivity index (χ1v) is 9.47. The van der Waals surface area contributed by atoms with Crippen LogP contribution in [-0.2, 0) is 4.79 Å². The lowest BCUT2D eigenvalue weighted by molar-refractivity contribution is -0.117. The molecule has 1 aliphatic heterocycles. The van der Waals surface area contributed by atoms with Crippen LogP contribution in [0.15, 0.2) is 48.5 Å². The van der Waals surface area contributed by atoms with Gasteiger partial charge in [0.2, 0.25) is 5.91 Å². The number of hydrogen-bond acceptors (Lipinski definition) is 3. The number of nitrogens with zero attached hydrogens (tertiary/aromatic N) is 1. The third-order valence-corrected chi connectivity index (χ3v) is 5.19. The second-order valence-electron chi connectivity index (χ2n) is 6.64. The smallest absolute Gasteiger partial charge is 0.238 e. The van der Waals surface area contributed by atoms with Crippen molar-refractivity contribution in [3.8, 4) is 5.75 Å². The molecule has 138 valence electrons. The Morgan fingerprint density at radius 3 is 2.65 bits per heavy atom. The van der Waals surface area contributed by atoms with Crippen LogP contribution >= 0.6 is 11.6 Å². The van der Waals surface area contributed by atoms with Gasteiger partial charge >= 0.3 is 0 Å². The Labute approximate surface area is 160 Å². The van der Waals surface area contributed by atoms with E-state index in [1.807, 2.05) is 30.3 Å². The van der Waals surface area contributed by atoms with Gasteiger partial charge in [-0.05, 0) is 49.2 Å². The lowest BCUT2D eigenvalue weighted by atomic mass is 10.0. The van der Waals surface area contributed by atoms with Gasteiger partial charge in [0.25, 0.3) is 0 Å². The fraction of sp³-hybridized carbons (Fsp3) is 0.381. The maximum Gasteiger partial charge on any atom is 0.238 e. The number of ether oxygens (including phenoxy) is 1. The molecule has 4 nitrogen and oxygen atoms in total. The summed E-state index contributed by atoms with van der Waals surface area (Å²) in [5, 5.41) is 3.49. The van der Waals surface area contributed by atoms with Gasteiger partial charge in [0.1, 0.15) is 5.75 Å². The zero-order chi connectivity index (χ0) is 18.4. The number of carbonyl (C=O) groups is 1. The van der Waals surface area contributed by atoms with Crippen LogP contribution in [0, 0.1) is 0 Å². The molecule has 5 heteroatoms. The van der Waals surface area contributed by atoms with Crippen LogP contribution in [0.1, 0.15) is 37.3 Å². The van der Waals surface area contributed by atoms with Gasteiger partial charge in [0.15, 0.2) is 0 Å². The van der Waals surface area contributed by atoms with Gasteiger partial charge in [0.05, 0.1) is 24.4 Å². The van der Waals surface area contributed by atoms with Gasteiger partial charge in [-0.2, -0.15) is 0 Å². The van der Waals surface area contributed by atoms with Gasteiger partial charge in [-0.1, -0.05) is 48.7 Å². The van der Waals surface area contributed by atoms with Gasteiger partial charge in [-0.3, -0.25) is 9.69 Å². The number of rotatable bonds is 5. The monoisotopic (exact) mass is 372 g/mol. The molecule has 1 fully saturated rings. The zero-order valence-electron chi connectivity index (χ0n) is 15.1. The number of halogens is 1. The molecule has 0 unspecified atom stereocenters. The van der Waals surface area contributed by atoms with Crippen molar-refractivity contribution in [2.24, 2.45) is 0 Å². The molecule has 1 heterocycles. The minimum atomic E-state index is -0.0292. The largest absolute Gasteiger partial charge is 0.497 e. The first-order valence-electron chi connectivity index (χ1n) is 9.10. The lowest BCUT2D eigenvalue weighted by Crippen LogP contribution is -2.36. The molecule has 2 aromatic rings. The Kier molecular flexibility index (Phi) is 6.53. The Balaban J connectivity index is 1.71. The van der Waals surface area contributed by atoms with Gasteiger partial charge in [0, 0.05) is 6.04 Å². The van der Waals surface area contributed by atoms with Gasteiger partial charge in [-0.15, -0.1) is 0 Å². The Morgan fingerprint density at radius 1 is 1.15 bits per heavy atom. The molecule has 3 rings (SSSR count). The molecule has 0 spiro atoms. The van der Waals surface area contributed by atoms with Crippen molar-refractivity contribution >= 4 is 23.2 Å². The number of methoxy groups -OCH3 is 1. The van der Waals surface area contributed by atoms with E-state index in [0.717, 1.165) is 25.1 Å². The SMILES string of the molecule is COc1ccc([C@H]2CCCCCN2CC(=O)Nc2ccccc2Cl)cc1. The van der Waals surface area contributed by atoms with Crippen LogP contribution in [0.4, 0.5) is 5.69 Å². The Morgan fingerprint density at radius 2 is 1.92 bits per heavy atom. The molecule has 0 radical (unpaired) electrons. The van der Waals surface area contributed by atoms with Crippen molar-refractivity contribution in [3.63, 3.8) is 0 Å². The molecule has 0 aromatic heterocycles. The second kappa shape index (κ2) is 9.06.